The molecule has 0 saturated carbocycles. The number of benzene rings is 2. The van der Waals surface area contributed by atoms with E-state index in [1.54, 1.807) is 36.4 Å². The maximum absolute atomic E-state index is 15.5. The number of carbonyl (C=O) groups is 1. The fourth-order valence-electron chi connectivity index (χ4n) is 4.97. The number of ether oxygens (including phenoxy) is 1. The molecular weight excluding hydrogens is 516 g/mol. The van der Waals surface area contributed by atoms with Crippen LogP contribution in [-0.4, -0.2) is 36.6 Å². The number of amides is 1. The number of alkyl carbamates (subject to hydrolysis) is 1. The molecule has 1 fully saturated rings. The number of nitrogens with zero attached hydrogens (tertiary/aromatic N) is 1. The normalized spacial score (nSPS) is 24.4. The Labute approximate surface area is 228 Å². The van der Waals surface area contributed by atoms with Gasteiger partial charge < -0.3 is 15.2 Å². The number of nitrogens with one attached hydrogen (secondary N) is 2. The van der Waals surface area contributed by atoms with Crippen LogP contribution in [0, 0.1) is 28.5 Å². The fraction of sp³-hybridized carbons (Fsp3) is 0.500. The highest BCUT2D eigenvalue weighted by atomic mass is 35.5. The first-order chi connectivity index (χ1) is 17.4. The molecule has 1 amide bonds. The largest absolute Gasteiger partial charge is 0.430 e. The quantitative estimate of drug-likeness (QED) is 0.366. The van der Waals surface area contributed by atoms with E-state index < -0.39 is 35.5 Å². The summed E-state index contributed by atoms with van der Waals surface area (Å²) in [7, 11) is 0. The minimum Gasteiger partial charge on any atom is -0.430 e. The average molecular weight is 551 g/mol. The van der Waals surface area contributed by atoms with Crippen molar-refractivity contribution in [1.82, 2.24) is 10.6 Å². The highest BCUT2D eigenvalue weighted by Gasteiger charge is 2.60. The van der Waals surface area contributed by atoms with E-state index in [2.05, 4.69) is 37.5 Å². The molecule has 0 radical (unpaired) electrons. The number of aliphatic hydroxyl groups excluding tert-OH is 1. The molecule has 2 aromatic rings. The predicted octanol–water partition coefficient (Wildman–Crippen LogP) is 6.16. The first-order valence-corrected chi connectivity index (χ1v) is 13.1. The zero-order chi connectivity index (χ0) is 27.4. The van der Waals surface area contributed by atoms with Gasteiger partial charge in [-0.05, 0) is 53.5 Å². The van der Waals surface area contributed by atoms with Gasteiger partial charge in [-0.25, -0.2) is 9.18 Å². The van der Waals surface area contributed by atoms with Gasteiger partial charge in [0.25, 0.3) is 0 Å². The predicted molar refractivity (Wildman–Crippen MR) is 143 cm³/mol. The molecule has 0 spiro atoms. The van der Waals surface area contributed by atoms with E-state index in [0.717, 1.165) is 0 Å². The highest BCUT2D eigenvalue weighted by molar-refractivity contribution is 6.31. The molecule has 3 rings (SSSR count). The molecule has 1 saturated heterocycles. The Bertz CT molecular complexity index is 1130. The summed E-state index contributed by atoms with van der Waals surface area (Å²) in [5.74, 6) is -1.55. The second-order valence-corrected chi connectivity index (χ2v) is 11.8. The van der Waals surface area contributed by atoms with Crippen molar-refractivity contribution < 1.29 is 19.0 Å². The lowest BCUT2D eigenvalue weighted by molar-refractivity contribution is 0.0734. The van der Waals surface area contributed by atoms with Crippen molar-refractivity contribution in [3.63, 3.8) is 0 Å². The SMILES string of the molecule is C[C@@H](CO)CCNC(=O)O[C@H]1N[C@@H](CC(C)(C)C)[C@](C#N)(c2ccc(Cl)cc2)[C@H]1c1cccc(Cl)c1F. The van der Waals surface area contributed by atoms with Crippen LogP contribution in [0.2, 0.25) is 10.0 Å². The van der Waals surface area contributed by atoms with E-state index in [0.29, 0.717) is 30.0 Å². The standard InChI is InChI=1S/C28H34Cl2FN3O3/c1-17(15-35)12-13-33-26(36)37-25-23(20-6-5-7-21(30)24(20)31)28(16-32,18-8-10-19(29)11-9-18)22(34-25)14-27(2,3)4/h5-11,17,22-23,25,34-35H,12-15H2,1-4H3,(H,33,36)/t17-,22+,23+,25-,28+/m1/s1. The smallest absolute Gasteiger partial charge is 0.408 e. The fourth-order valence-corrected chi connectivity index (χ4v) is 5.28. The van der Waals surface area contributed by atoms with E-state index >= 15 is 4.39 Å². The summed E-state index contributed by atoms with van der Waals surface area (Å²) >= 11 is 12.3. The first-order valence-electron chi connectivity index (χ1n) is 12.4. The van der Waals surface area contributed by atoms with Crippen molar-refractivity contribution in [2.45, 2.75) is 64.1 Å². The van der Waals surface area contributed by atoms with Gasteiger partial charge in [-0.15, -0.1) is 0 Å². The van der Waals surface area contributed by atoms with E-state index in [1.807, 2.05) is 6.92 Å². The first kappa shape index (κ1) is 29.2. The van der Waals surface area contributed by atoms with E-state index in [-0.39, 0.29) is 28.5 Å². The molecule has 0 aromatic heterocycles. The van der Waals surface area contributed by atoms with Gasteiger partial charge in [-0.2, -0.15) is 5.26 Å². The van der Waals surface area contributed by atoms with Crippen molar-refractivity contribution in [2.24, 2.45) is 11.3 Å². The zero-order valence-corrected chi connectivity index (χ0v) is 23.0. The topological polar surface area (TPSA) is 94.4 Å². The summed E-state index contributed by atoms with van der Waals surface area (Å²) in [5.41, 5.74) is -0.700. The molecule has 1 aliphatic rings. The molecule has 5 atom stereocenters. The molecule has 6 nitrogen and oxygen atoms in total. The van der Waals surface area contributed by atoms with Gasteiger partial charge in [0, 0.05) is 24.2 Å². The zero-order valence-electron chi connectivity index (χ0n) is 21.5. The van der Waals surface area contributed by atoms with Crippen LogP contribution >= 0.6 is 23.2 Å². The number of carbonyl (C=O) groups excluding carboxylic acids is 1. The van der Waals surface area contributed by atoms with E-state index in [1.165, 1.54) is 6.07 Å². The van der Waals surface area contributed by atoms with E-state index in [9.17, 15) is 15.2 Å². The number of aliphatic hydroxyl groups is 1. The lowest BCUT2D eigenvalue weighted by atomic mass is 9.64. The van der Waals surface area contributed by atoms with Crippen LogP contribution in [0.1, 0.15) is 57.6 Å². The van der Waals surface area contributed by atoms with Gasteiger partial charge in [0.05, 0.1) is 17.0 Å². The van der Waals surface area contributed by atoms with Crippen LogP contribution in [0.25, 0.3) is 0 Å². The average Bonchev–Trinajstić information content (AvgIpc) is 3.12. The van der Waals surface area contributed by atoms with Crippen molar-refractivity contribution >= 4 is 29.3 Å². The van der Waals surface area contributed by atoms with Crippen molar-refractivity contribution in [1.29, 1.82) is 5.26 Å². The Morgan fingerprint density at radius 2 is 1.95 bits per heavy atom. The summed E-state index contributed by atoms with van der Waals surface area (Å²) in [6.07, 6.45) is -0.618. The minimum absolute atomic E-state index is 0.0112. The molecule has 0 bridgehead atoms. The Morgan fingerprint density at radius 1 is 1.27 bits per heavy atom. The summed E-state index contributed by atoms with van der Waals surface area (Å²) in [6, 6.07) is 13.5. The van der Waals surface area contributed by atoms with Crippen LogP contribution in [0.3, 0.4) is 0 Å². The molecule has 1 aliphatic heterocycles. The van der Waals surface area contributed by atoms with Crippen molar-refractivity contribution in [2.75, 3.05) is 13.2 Å². The van der Waals surface area contributed by atoms with Gasteiger partial charge in [0.15, 0.2) is 6.23 Å². The highest BCUT2D eigenvalue weighted by Crippen LogP contribution is 2.52. The molecule has 3 N–H and O–H groups in total. The minimum atomic E-state index is -1.31. The molecule has 2 aromatic carbocycles. The molecule has 200 valence electrons. The van der Waals surface area contributed by atoms with E-state index in [4.69, 9.17) is 27.9 Å². The second kappa shape index (κ2) is 12.0. The van der Waals surface area contributed by atoms with Crippen LogP contribution in [0.4, 0.5) is 9.18 Å². The molecule has 1 heterocycles. The number of nitriles is 1. The van der Waals surface area contributed by atoms with Crippen LogP contribution in [-0.2, 0) is 10.2 Å². The third-order valence-corrected chi connectivity index (χ3v) is 7.34. The van der Waals surface area contributed by atoms with Gasteiger partial charge in [0.1, 0.15) is 11.2 Å². The Morgan fingerprint density at radius 3 is 2.54 bits per heavy atom. The second-order valence-electron chi connectivity index (χ2n) is 10.9. The summed E-state index contributed by atoms with van der Waals surface area (Å²) in [5, 5.41) is 26.5. The molecule has 9 heteroatoms. The van der Waals surface area contributed by atoms with Crippen LogP contribution in [0.15, 0.2) is 42.5 Å². The number of rotatable bonds is 8. The van der Waals surface area contributed by atoms with Crippen molar-refractivity contribution in [3.05, 3.63) is 69.5 Å². The third-order valence-electron chi connectivity index (χ3n) is 6.80. The maximum atomic E-state index is 15.5. The van der Waals surface area contributed by atoms with Gasteiger partial charge in [-0.1, -0.05) is 75.2 Å². The number of hydrogen-bond donors (Lipinski definition) is 3. The van der Waals surface area contributed by atoms with Crippen LogP contribution < -0.4 is 10.6 Å². The molecular formula is C28H34Cl2FN3O3. The number of hydrogen-bond acceptors (Lipinski definition) is 5. The lowest BCUT2D eigenvalue weighted by Gasteiger charge is -2.37. The lowest BCUT2D eigenvalue weighted by Crippen LogP contribution is -2.44. The van der Waals surface area contributed by atoms with Crippen molar-refractivity contribution in [3.8, 4) is 6.07 Å². The molecule has 37 heavy (non-hydrogen) atoms. The maximum Gasteiger partial charge on any atom is 0.408 e. The Kier molecular flexibility index (Phi) is 9.47. The Balaban J connectivity index is 2.11. The van der Waals surface area contributed by atoms with Gasteiger partial charge in [-0.3, -0.25) is 5.32 Å². The monoisotopic (exact) mass is 549 g/mol. The molecule has 0 aliphatic carbocycles. The number of halogens is 3. The summed E-state index contributed by atoms with van der Waals surface area (Å²) < 4.78 is 21.4. The summed E-state index contributed by atoms with van der Waals surface area (Å²) in [4.78, 5) is 12.8. The van der Waals surface area contributed by atoms with Gasteiger partial charge in [0.2, 0.25) is 0 Å². The molecule has 0 unspecified atom stereocenters. The third kappa shape index (κ3) is 6.56. The van der Waals surface area contributed by atoms with Crippen LogP contribution in [0.5, 0.6) is 0 Å². The summed E-state index contributed by atoms with van der Waals surface area (Å²) in [6.45, 7) is 8.34. The van der Waals surface area contributed by atoms with Gasteiger partial charge >= 0.3 is 6.09 Å². The Hall–Kier alpha value is -2.37.